The second-order valence-electron chi connectivity index (χ2n) is 5.72. The molecule has 1 radical (unpaired) electrons. The third-order valence-electron chi connectivity index (χ3n) is 3.70. The maximum atomic E-state index is 11.4. The predicted molar refractivity (Wildman–Crippen MR) is 101 cm³/mol. The summed E-state index contributed by atoms with van der Waals surface area (Å²) in [4.78, 5) is 44.7. The van der Waals surface area contributed by atoms with Gasteiger partial charge in [0.15, 0.2) is 11.6 Å². The van der Waals surface area contributed by atoms with Crippen molar-refractivity contribution in [2.24, 2.45) is 0 Å². The molecule has 5 heteroatoms. The fourth-order valence-corrected chi connectivity index (χ4v) is 2.06. The van der Waals surface area contributed by atoms with Gasteiger partial charge in [-0.3, -0.25) is 19.2 Å². The number of carbonyl (C=O) groups excluding carboxylic acids is 4. The van der Waals surface area contributed by atoms with E-state index in [0.29, 0.717) is 24.0 Å². The van der Waals surface area contributed by atoms with E-state index in [1.54, 1.807) is 62.4 Å². The molecule has 0 heterocycles. The molecule has 0 fully saturated rings. The zero-order chi connectivity index (χ0) is 19.4. The molecule has 2 rings (SSSR count). The van der Waals surface area contributed by atoms with Gasteiger partial charge in [-0.2, -0.15) is 0 Å². The summed E-state index contributed by atoms with van der Waals surface area (Å²) in [7, 11) is 0. The smallest absolute Gasteiger partial charge is 0.170 e. The molecule has 2 aromatic carbocycles. The Hall–Kier alpha value is -2.36. The third kappa shape index (κ3) is 9.78. The fraction of sp³-hybridized carbons (Fsp3) is 0.273. The van der Waals surface area contributed by atoms with Gasteiger partial charge in [0, 0.05) is 41.0 Å². The van der Waals surface area contributed by atoms with Crippen LogP contribution in [-0.4, -0.2) is 23.1 Å². The van der Waals surface area contributed by atoms with E-state index in [-0.39, 0.29) is 53.0 Å². The minimum atomic E-state index is -0.0903. The molecule has 0 atom stereocenters. The van der Waals surface area contributed by atoms with E-state index in [2.05, 4.69) is 0 Å². The van der Waals surface area contributed by atoms with Crippen LogP contribution in [0.1, 0.15) is 60.2 Å². The molecule has 0 saturated carbocycles. The second-order valence-corrected chi connectivity index (χ2v) is 5.72. The first-order chi connectivity index (χ1) is 12.5. The van der Waals surface area contributed by atoms with Gasteiger partial charge >= 0.3 is 0 Å². The van der Waals surface area contributed by atoms with E-state index in [0.717, 1.165) is 0 Å². The average molecular weight is 416 g/mol. The molecule has 0 N–H and O–H groups in total. The van der Waals surface area contributed by atoms with E-state index in [9.17, 15) is 19.2 Å². The molecule has 0 saturated heterocycles. The molecular formula is C22H24CuO4. The van der Waals surface area contributed by atoms with Gasteiger partial charge < -0.3 is 0 Å². The van der Waals surface area contributed by atoms with Crippen LogP contribution >= 0.6 is 0 Å². The largest absolute Gasteiger partial charge is 0.299 e. The fourth-order valence-electron chi connectivity index (χ4n) is 2.06. The van der Waals surface area contributed by atoms with Crippen molar-refractivity contribution in [1.29, 1.82) is 0 Å². The van der Waals surface area contributed by atoms with Crippen molar-refractivity contribution < 1.29 is 36.2 Å². The van der Waals surface area contributed by atoms with E-state index < -0.39 is 0 Å². The minimum absolute atomic E-state index is 0. The Bertz CT molecular complexity index is 674. The molecule has 147 valence electrons. The van der Waals surface area contributed by atoms with Crippen molar-refractivity contribution in [2.75, 3.05) is 0 Å². The zero-order valence-electron chi connectivity index (χ0n) is 15.5. The molecule has 2 aromatic rings. The van der Waals surface area contributed by atoms with Crippen LogP contribution in [0.15, 0.2) is 60.7 Å². The zero-order valence-corrected chi connectivity index (χ0v) is 16.5. The van der Waals surface area contributed by atoms with E-state index in [4.69, 9.17) is 0 Å². The van der Waals surface area contributed by atoms with Gasteiger partial charge in [-0.25, -0.2) is 0 Å². The van der Waals surface area contributed by atoms with Crippen molar-refractivity contribution in [3.63, 3.8) is 0 Å². The van der Waals surface area contributed by atoms with Crippen molar-refractivity contribution >= 4 is 23.1 Å². The molecule has 0 aromatic heterocycles. The summed E-state index contributed by atoms with van der Waals surface area (Å²) in [6.07, 6.45) is 0.915. The molecule has 0 unspecified atom stereocenters. The Morgan fingerprint density at radius 3 is 1.15 bits per heavy atom. The normalized spacial score (nSPS) is 9.26. The number of carbonyl (C=O) groups is 4. The van der Waals surface area contributed by atoms with E-state index in [1.807, 2.05) is 12.1 Å². The maximum absolute atomic E-state index is 11.4. The molecule has 0 aliphatic carbocycles. The molecule has 0 aliphatic rings. The summed E-state index contributed by atoms with van der Waals surface area (Å²) >= 11 is 0. The maximum Gasteiger partial charge on any atom is 0.170 e. The number of Topliss-reactive ketones (excluding diaryl/α,β-unsaturated/α-hetero) is 4. The first kappa shape index (κ1) is 24.6. The summed E-state index contributed by atoms with van der Waals surface area (Å²) in [5.74, 6) is -0.192. The van der Waals surface area contributed by atoms with Gasteiger partial charge in [0.05, 0.1) is 12.8 Å². The number of ketones is 4. The van der Waals surface area contributed by atoms with Crippen LogP contribution in [0.5, 0.6) is 0 Å². The molecule has 0 bridgehead atoms. The van der Waals surface area contributed by atoms with Crippen LogP contribution in [0.2, 0.25) is 0 Å². The Morgan fingerprint density at radius 2 is 0.889 bits per heavy atom. The number of rotatable bonds is 8. The number of hydrogen-bond acceptors (Lipinski definition) is 4. The van der Waals surface area contributed by atoms with Gasteiger partial charge in [-0.05, 0) is 0 Å². The Kier molecular flexibility index (Phi) is 12.6. The molecule has 0 amide bonds. The van der Waals surface area contributed by atoms with Crippen LogP contribution in [0.25, 0.3) is 0 Å². The van der Waals surface area contributed by atoms with Gasteiger partial charge in [0.1, 0.15) is 11.6 Å². The van der Waals surface area contributed by atoms with Crippen molar-refractivity contribution in [3.05, 3.63) is 71.8 Å². The quantitative estimate of drug-likeness (QED) is 0.362. The topological polar surface area (TPSA) is 68.3 Å². The first-order valence-electron chi connectivity index (χ1n) is 8.67. The third-order valence-corrected chi connectivity index (χ3v) is 3.70. The Labute approximate surface area is 170 Å². The van der Waals surface area contributed by atoms with Crippen molar-refractivity contribution in [2.45, 2.75) is 39.5 Å². The molecular weight excluding hydrogens is 392 g/mol. The van der Waals surface area contributed by atoms with E-state index in [1.165, 1.54) is 0 Å². The number of hydrogen-bond donors (Lipinski definition) is 0. The van der Waals surface area contributed by atoms with E-state index >= 15 is 0 Å². The summed E-state index contributed by atoms with van der Waals surface area (Å²) < 4.78 is 0. The molecule has 0 aliphatic heterocycles. The second kappa shape index (κ2) is 13.8. The monoisotopic (exact) mass is 415 g/mol. The molecule has 0 spiro atoms. The summed E-state index contributed by atoms with van der Waals surface area (Å²) in [5, 5.41) is 0. The van der Waals surface area contributed by atoms with Crippen LogP contribution in [0, 0.1) is 0 Å². The Morgan fingerprint density at radius 1 is 0.593 bits per heavy atom. The van der Waals surface area contributed by atoms with Crippen LogP contribution < -0.4 is 0 Å². The molecule has 27 heavy (non-hydrogen) atoms. The van der Waals surface area contributed by atoms with Crippen molar-refractivity contribution in [1.82, 2.24) is 0 Å². The van der Waals surface area contributed by atoms with Crippen LogP contribution in [0.3, 0.4) is 0 Å². The minimum Gasteiger partial charge on any atom is -0.299 e. The first-order valence-corrected chi connectivity index (χ1v) is 8.67. The summed E-state index contributed by atoms with van der Waals surface area (Å²) in [5.41, 5.74) is 1.23. The SMILES string of the molecule is CCC(=O)CC(=O)c1ccccc1.CCC(=O)CC(=O)c1ccccc1.[Cu]. The summed E-state index contributed by atoms with van der Waals surface area (Å²) in [6, 6.07) is 17.8. The molecule has 4 nitrogen and oxygen atoms in total. The van der Waals surface area contributed by atoms with Crippen LogP contribution in [-0.2, 0) is 26.7 Å². The Balaban J connectivity index is 0.000000483. The van der Waals surface area contributed by atoms with Gasteiger partial charge in [-0.1, -0.05) is 74.5 Å². The van der Waals surface area contributed by atoms with Crippen molar-refractivity contribution in [3.8, 4) is 0 Å². The summed E-state index contributed by atoms with van der Waals surface area (Å²) in [6.45, 7) is 3.53. The number of benzene rings is 2. The average Bonchev–Trinajstić information content (AvgIpc) is 2.69. The van der Waals surface area contributed by atoms with Crippen LogP contribution in [0.4, 0.5) is 0 Å². The van der Waals surface area contributed by atoms with Gasteiger partial charge in [0.25, 0.3) is 0 Å². The standard InChI is InChI=1S/2C11H12O2.Cu/c2*1-2-10(12)8-11(13)9-6-4-3-5-7-9;/h2*3-7H,2,8H2,1H3;. The van der Waals surface area contributed by atoms with Gasteiger partial charge in [-0.15, -0.1) is 0 Å². The van der Waals surface area contributed by atoms with Gasteiger partial charge in [0.2, 0.25) is 0 Å². The predicted octanol–water partition coefficient (Wildman–Crippen LogP) is 4.47.